The average molecular weight is 444 g/mol. The van der Waals surface area contributed by atoms with Crippen LogP contribution in [0.5, 0.6) is 11.5 Å². The number of nitrogens with one attached hydrogen (secondary N) is 1. The van der Waals surface area contributed by atoms with Gasteiger partial charge in [-0.1, -0.05) is 36.0 Å². The number of aromatic amines is 1. The standard InChI is InChI=1S/C24H21N5O2S/c1-30-18-12-10-17(11-13-18)29-23(16-6-5-7-19(14-16)31-2)27-28-24(29)32-15-22-25-20-8-3-4-9-21(20)26-22/h3-14H,15H2,1-2H3,(H,25,26). The molecular weight excluding hydrogens is 422 g/mol. The summed E-state index contributed by atoms with van der Waals surface area (Å²) in [5.41, 5.74) is 3.84. The summed E-state index contributed by atoms with van der Waals surface area (Å²) in [6.07, 6.45) is 0. The molecule has 0 amide bonds. The van der Waals surface area contributed by atoms with Gasteiger partial charge in [-0.15, -0.1) is 10.2 Å². The maximum atomic E-state index is 5.40. The molecule has 3 aromatic carbocycles. The molecule has 160 valence electrons. The minimum atomic E-state index is 0.640. The number of hydrogen-bond acceptors (Lipinski definition) is 6. The first kappa shape index (κ1) is 20.1. The highest BCUT2D eigenvalue weighted by Crippen LogP contribution is 2.31. The quantitative estimate of drug-likeness (QED) is 0.352. The molecule has 5 aromatic rings. The van der Waals surface area contributed by atoms with Crippen LogP contribution in [0, 0.1) is 0 Å². The average Bonchev–Trinajstić information content (AvgIpc) is 3.46. The first-order chi connectivity index (χ1) is 15.7. The van der Waals surface area contributed by atoms with Crippen LogP contribution >= 0.6 is 11.8 Å². The van der Waals surface area contributed by atoms with Gasteiger partial charge >= 0.3 is 0 Å². The van der Waals surface area contributed by atoms with Crippen molar-refractivity contribution in [1.29, 1.82) is 0 Å². The smallest absolute Gasteiger partial charge is 0.196 e. The number of ether oxygens (including phenoxy) is 2. The summed E-state index contributed by atoms with van der Waals surface area (Å²) in [5.74, 6) is 3.83. The molecule has 0 saturated carbocycles. The molecule has 0 radical (unpaired) electrons. The number of thioether (sulfide) groups is 1. The Balaban J connectivity index is 1.52. The molecule has 8 heteroatoms. The van der Waals surface area contributed by atoms with Crippen molar-refractivity contribution < 1.29 is 9.47 Å². The number of methoxy groups -OCH3 is 2. The summed E-state index contributed by atoms with van der Waals surface area (Å²) in [4.78, 5) is 8.04. The summed E-state index contributed by atoms with van der Waals surface area (Å²) < 4.78 is 12.8. The van der Waals surface area contributed by atoms with Gasteiger partial charge in [0.1, 0.15) is 17.3 Å². The number of H-pyrrole nitrogens is 1. The highest BCUT2D eigenvalue weighted by molar-refractivity contribution is 7.98. The molecule has 2 heterocycles. The van der Waals surface area contributed by atoms with E-state index in [9.17, 15) is 0 Å². The molecule has 2 aromatic heterocycles. The Morgan fingerprint density at radius 2 is 1.69 bits per heavy atom. The summed E-state index contributed by atoms with van der Waals surface area (Å²) >= 11 is 1.58. The SMILES string of the molecule is COc1ccc(-n2c(SCc3nc4ccccc4[nH]3)nnc2-c2cccc(OC)c2)cc1. The first-order valence-electron chi connectivity index (χ1n) is 10.1. The third-order valence-electron chi connectivity index (χ3n) is 5.07. The highest BCUT2D eigenvalue weighted by Gasteiger charge is 2.17. The molecule has 0 saturated heterocycles. The predicted octanol–water partition coefficient (Wildman–Crippen LogP) is 5.12. The highest BCUT2D eigenvalue weighted by atomic mass is 32.2. The van der Waals surface area contributed by atoms with E-state index in [1.54, 1.807) is 26.0 Å². The van der Waals surface area contributed by atoms with Crippen molar-refractivity contribution in [3.05, 3.63) is 78.6 Å². The van der Waals surface area contributed by atoms with E-state index in [2.05, 4.69) is 20.2 Å². The van der Waals surface area contributed by atoms with Gasteiger partial charge in [-0.2, -0.15) is 0 Å². The van der Waals surface area contributed by atoms with Crippen molar-refractivity contribution in [3.8, 4) is 28.6 Å². The molecule has 0 aliphatic carbocycles. The van der Waals surface area contributed by atoms with Crippen molar-refractivity contribution in [2.24, 2.45) is 0 Å². The molecule has 1 N–H and O–H groups in total. The van der Waals surface area contributed by atoms with Crippen LogP contribution in [0.2, 0.25) is 0 Å². The molecule has 0 spiro atoms. The third kappa shape index (κ3) is 3.92. The Kier molecular flexibility index (Phi) is 5.51. The van der Waals surface area contributed by atoms with Gasteiger partial charge in [-0.05, 0) is 48.5 Å². The second-order valence-corrected chi connectivity index (χ2v) is 8.00. The fraction of sp³-hybridized carbons (Fsp3) is 0.125. The molecule has 32 heavy (non-hydrogen) atoms. The van der Waals surface area contributed by atoms with Gasteiger partial charge in [0.15, 0.2) is 11.0 Å². The van der Waals surface area contributed by atoms with E-state index in [0.717, 1.165) is 50.6 Å². The second kappa shape index (κ2) is 8.76. The molecule has 0 aliphatic rings. The topological polar surface area (TPSA) is 77.9 Å². The number of para-hydroxylation sites is 2. The van der Waals surface area contributed by atoms with Crippen LogP contribution in [-0.2, 0) is 5.75 Å². The molecular formula is C24H21N5O2S. The first-order valence-corrected chi connectivity index (χ1v) is 11.0. The molecule has 0 unspecified atom stereocenters. The molecule has 0 aliphatic heterocycles. The van der Waals surface area contributed by atoms with Gasteiger partial charge in [0.2, 0.25) is 0 Å². The minimum absolute atomic E-state index is 0.640. The Morgan fingerprint density at radius 1 is 0.875 bits per heavy atom. The number of rotatable bonds is 7. The van der Waals surface area contributed by atoms with Gasteiger partial charge in [-0.3, -0.25) is 4.57 Å². The van der Waals surface area contributed by atoms with E-state index >= 15 is 0 Å². The number of aromatic nitrogens is 5. The predicted molar refractivity (Wildman–Crippen MR) is 126 cm³/mol. The lowest BCUT2D eigenvalue weighted by atomic mass is 10.2. The van der Waals surface area contributed by atoms with Gasteiger partial charge in [-0.25, -0.2) is 4.98 Å². The maximum Gasteiger partial charge on any atom is 0.196 e. The van der Waals surface area contributed by atoms with Crippen LogP contribution in [0.25, 0.3) is 28.1 Å². The van der Waals surface area contributed by atoms with Crippen molar-refractivity contribution in [1.82, 2.24) is 24.7 Å². The Labute approximate surface area is 189 Å². The fourth-order valence-corrected chi connectivity index (χ4v) is 4.31. The van der Waals surface area contributed by atoms with Crippen molar-refractivity contribution in [2.75, 3.05) is 14.2 Å². The van der Waals surface area contributed by atoms with Gasteiger partial charge in [0, 0.05) is 11.3 Å². The lowest BCUT2D eigenvalue weighted by Crippen LogP contribution is -2.00. The minimum Gasteiger partial charge on any atom is -0.497 e. The lowest BCUT2D eigenvalue weighted by Gasteiger charge is -2.11. The summed E-state index contributed by atoms with van der Waals surface area (Å²) in [6.45, 7) is 0. The van der Waals surface area contributed by atoms with Crippen LogP contribution in [-0.4, -0.2) is 39.0 Å². The van der Waals surface area contributed by atoms with Gasteiger partial charge < -0.3 is 14.5 Å². The van der Waals surface area contributed by atoms with Crippen LogP contribution in [0.4, 0.5) is 0 Å². The number of nitrogens with zero attached hydrogens (tertiary/aromatic N) is 4. The van der Waals surface area contributed by atoms with Crippen LogP contribution < -0.4 is 9.47 Å². The number of hydrogen-bond donors (Lipinski definition) is 1. The zero-order chi connectivity index (χ0) is 21.9. The third-order valence-corrected chi connectivity index (χ3v) is 6.01. The van der Waals surface area contributed by atoms with E-state index in [4.69, 9.17) is 9.47 Å². The molecule has 5 rings (SSSR count). The summed E-state index contributed by atoms with van der Waals surface area (Å²) in [5, 5.41) is 9.78. The maximum absolute atomic E-state index is 5.40. The second-order valence-electron chi connectivity index (χ2n) is 7.06. The lowest BCUT2D eigenvalue weighted by molar-refractivity contribution is 0.414. The molecule has 0 atom stereocenters. The normalized spacial score (nSPS) is 11.1. The number of imidazole rings is 1. The van der Waals surface area contributed by atoms with E-state index < -0.39 is 0 Å². The van der Waals surface area contributed by atoms with E-state index in [-0.39, 0.29) is 0 Å². The number of benzene rings is 3. The zero-order valence-corrected chi connectivity index (χ0v) is 18.5. The monoisotopic (exact) mass is 443 g/mol. The van der Waals surface area contributed by atoms with Crippen LogP contribution in [0.15, 0.2) is 78.0 Å². The van der Waals surface area contributed by atoms with Crippen LogP contribution in [0.3, 0.4) is 0 Å². The largest absolute Gasteiger partial charge is 0.497 e. The molecule has 0 fully saturated rings. The Morgan fingerprint density at radius 3 is 2.47 bits per heavy atom. The van der Waals surface area contributed by atoms with Crippen molar-refractivity contribution >= 4 is 22.8 Å². The Bertz CT molecular complexity index is 1330. The van der Waals surface area contributed by atoms with Crippen molar-refractivity contribution in [3.63, 3.8) is 0 Å². The van der Waals surface area contributed by atoms with Gasteiger partial charge in [0.25, 0.3) is 0 Å². The van der Waals surface area contributed by atoms with E-state index in [0.29, 0.717) is 5.75 Å². The van der Waals surface area contributed by atoms with E-state index in [1.807, 2.05) is 77.4 Å². The van der Waals surface area contributed by atoms with Crippen molar-refractivity contribution in [2.45, 2.75) is 10.9 Å². The summed E-state index contributed by atoms with van der Waals surface area (Å²) in [6, 6.07) is 23.7. The van der Waals surface area contributed by atoms with E-state index in [1.165, 1.54) is 0 Å². The van der Waals surface area contributed by atoms with Crippen LogP contribution in [0.1, 0.15) is 5.82 Å². The zero-order valence-electron chi connectivity index (χ0n) is 17.6. The summed E-state index contributed by atoms with van der Waals surface area (Å²) in [7, 11) is 3.31. The Hall–Kier alpha value is -3.78. The molecule has 0 bridgehead atoms. The molecule has 7 nitrogen and oxygen atoms in total. The number of fused-ring (bicyclic) bond motifs is 1. The fourth-order valence-electron chi connectivity index (χ4n) is 3.48. The van der Waals surface area contributed by atoms with Gasteiger partial charge in [0.05, 0.1) is 31.0 Å².